The van der Waals surface area contributed by atoms with E-state index in [-0.39, 0.29) is 9.77 Å². The number of hydrogen-bond acceptors (Lipinski definition) is 5. The van der Waals surface area contributed by atoms with Crippen LogP contribution >= 0.6 is 11.3 Å². The van der Waals surface area contributed by atoms with Crippen LogP contribution in [0.1, 0.15) is 21.3 Å². The van der Waals surface area contributed by atoms with Gasteiger partial charge in [0.05, 0.1) is 9.77 Å². The maximum Gasteiger partial charge on any atom is 0.326 e. The predicted octanol–water partition coefficient (Wildman–Crippen LogP) is 1.21. The molecule has 0 saturated carbocycles. The topological polar surface area (TPSA) is 113 Å². The Bertz CT molecular complexity index is 815. The normalized spacial score (nSPS) is 12.6. The van der Waals surface area contributed by atoms with E-state index in [1.54, 1.807) is 18.2 Å². The number of thiophene rings is 1. The minimum Gasteiger partial charge on any atom is -0.480 e. The van der Waals surface area contributed by atoms with Gasteiger partial charge in [-0.05, 0) is 11.6 Å². The Hall–Kier alpha value is -2.23. The number of sulfonamides is 1. The van der Waals surface area contributed by atoms with Crippen LogP contribution < -0.4 is 10.0 Å². The SMILES string of the molecule is CNC(=O)c1cc(S(=O)(=O)N[C@@H](C(=O)O)c2ccccc2)cs1. The lowest BCUT2D eigenvalue weighted by molar-refractivity contribution is -0.139. The third-order valence-corrected chi connectivity index (χ3v) is 5.47. The number of carboxylic acids is 1. The first kappa shape index (κ1) is 17.1. The van der Waals surface area contributed by atoms with Gasteiger partial charge in [-0.15, -0.1) is 11.3 Å². The van der Waals surface area contributed by atoms with Crippen LogP contribution in [-0.2, 0) is 14.8 Å². The lowest BCUT2D eigenvalue weighted by Crippen LogP contribution is -2.33. The summed E-state index contributed by atoms with van der Waals surface area (Å²) in [5.41, 5.74) is 0.310. The molecule has 1 amide bonds. The van der Waals surface area contributed by atoms with Crippen LogP contribution in [0.2, 0.25) is 0 Å². The van der Waals surface area contributed by atoms with E-state index >= 15 is 0 Å². The number of hydrogen-bond donors (Lipinski definition) is 3. The molecule has 1 aromatic carbocycles. The Balaban J connectivity index is 2.30. The lowest BCUT2D eigenvalue weighted by atomic mass is 10.1. The number of carboxylic acid groups (broad SMARTS) is 1. The van der Waals surface area contributed by atoms with Gasteiger partial charge in [-0.1, -0.05) is 30.3 Å². The van der Waals surface area contributed by atoms with Crippen LogP contribution in [0.5, 0.6) is 0 Å². The van der Waals surface area contributed by atoms with Gasteiger partial charge in [0.1, 0.15) is 6.04 Å². The van der Waals surface area contributed by atoms with Gasteiger partial charge in [-0.2, -0.15) is 4.72 Å². The van der Waals surface area contributed by atoms with Crippen molar-refractivity contribution < 1.29 is 23.1 Å². The van der Waals surface area contributed by atoms with Crippen LogP contribution in [0.4, 0.5) is 0 Å². The van der Waals surface area contributed by atoms with Crippen LogP contribution in [0, 0.1) is 0 Å². The van der Waals surface area contributed by atoms with Crippen LogP contribution in [0.3, 0.4) is 0 Å². The highest BCUT2D eigenvalue weighted by Gasteiger charge is 2.28. The summed E-state index contributed by atoms with van der Waals surface area (Å²) < 4.78 is 26.8. The summed E-state index contributed by atoms with van der Waals surface area (Å²) in [6.45, 7) is 0. The fraction of sp³-hybridized carbons (Fsp3) is 0.143. The molecule has 0 aliphatic heterocycles. The fourth-order valence-corrected chi connectivity index (χ4v) is 4.23. The quantitative estimate of drug-likeness (QED) is 0.722. The summed E-state index contributed by atoms with van der Waals surface area (Å²) in [4.78, 5) is 22.9. The molecule has 7 nitrogen and oxygen atoms in total. The summed E-state index contributed by atoms with van der Waals surface area (Å²) in [7, 11) is -2.64. The van der Waals surface area contributed by atoms with Crippen molar-refractivity contribution in [3.05, 3.63) is 52.2 Å². The molecule has 9 heteroatoms. The third kappa shape index (κ3) is 3.95. The molecule has 0 aliphatic carbocycles. The summed E-state index contributed by atoms with van der Waals surface area (Å²) in [5.74, 6) is -1.73. The summed E-state index contributed by atoms with van der Waals surface area (Å²) in [5, 5.41) is 13.0. The number of nitrogens with one attached hydrogen (secondary N) is 2. The second-order valence-corrected chi connectivity index (χ2v) is 7.15. The zero-order valence-corrected chi connectivity index (χ0v) is 13.6. The van der Waals surface area contributed by atoms with Crippen molar-refractivity contribution in [1.82, 2.24) is 10.0 Å². The summed E-state index contributed by atoms with van der Waals surface area (Å²) in [6, 6.07) is 7.77. The van der Waals surface area contributed by atoms with Gasteiger partial charge in [0.2, 0.25) is 10.0 Å². The summed E-state index contributed by atoms with van der Waals surface area (Å²) >= 11 is 0.962. The smallest absolute Gasteiger partial charge is 0.326 e. The molecule has 0 spiro atoms. The number of benzene rings is 1. The highest BCUT2D eigenvalue weighted by atomic mass is 32.2. The van der Waals surface area contributed by atoms with E-state index in [2.05, 4.69) is 10.0 Å². The number of carbonyl (C=O) groups excluding carboxylic acids is 1. The molecule has 23 heavy (non-hydrogen) atoms. The molecule has 3 N–H and O–H groups in total. The van der Waals surface area contributed by atoms with Gasteiger partial charge in [-0.3, -0.25) is 9.59 Å². The average Bonchev–Trinajstić information content (AvgIpc) is 3.03. The van der Waals surface area contributed by atoms with E-state index in [1.165, 1.54) is 30.6 Å². The Labute approximate surface area is 137 Å². The van der Waals surface area contributed by atoms with Gasteiger partial charge >= 0.3 is 5.97 Å². The van der Waals surface area contributed by atoms with E-state index < -0.39 is 27.9 Å². The van der Waals surface area contributed by atoms with E-state index in [9.17, 15) is 23.1 Å². The van der Waals surface area contributed by atoms with Gasteiger partial charge in [0.25, 0.3) is 5.91 Å². The van der Waals surface area contributed by atoms with Crippen LogP contribution in [0.25, 0.3) is 0 Å². The minimum atomic E-state index is -4.07. The predicted molar refractivity (Wildman–Crippen MR) is 84.8 cm³/mol. The van der Waals surface area contributed by atoms with E-state index in [4.69, 9.17) is 0 Å². The Morgan fingerprint density at radius 3 is 2.43 bits per heavy atom. The molecule has 1 aromatic heterocycles. The first-order chi connectivity index (χ1) is 10.8. The van der Waals surface area contributed by atoms with E-state index in [1.807, 2.05) is 0 Å². The standard InChI is InChI=1S/C14H14N2O5S2/c1-15-13(17)11-7-10(8-22-11)23(20,21)16-12(14(18)19)9-5-3-2-4-6-9/h2-8,12,16H,1H3,(H,15,17)(H,18,19)/t12-/m1/s1. The molecule has 0 fully saturated rings. The first-order valence-electron chi connectivity index (χ1n) is 6.46. The molecule has 0 unspecified atom stereocenters. The van der Waals surface area contributed by atoms with Crippen molar-refractivity contribution in [3.63, 3.8) is 0 Å². The van der Waals surface area contributed by atoms with Crippen LogP contribution in [-0.4, -0.2) is 32.4 Å². The van der Waals surface area contributed by atoms with Gasteiger partial charge in [-0.25, -0.2) is 8.42 Å². The second-order valence-electron chi connectivity index (χ2n) is 4.53. The summed E-state index contributed by atoms with van der Waals surface area (Å²) in [6.07, 6.45) is 0. The van der Waals surface area contributed by atoms with Gasteiger partial charge in [0.15, 0.2) is 0 Å². The number of aliphatic carboxylic acids is 1. The van der Waals surface area contributed by atoms with Gasteiger partial charge in [0, 0.05) is 12.4 Å². The molecule has 2 rings (SSSR count). The Kier molecular flexibility index (Phi) is 5.14. The molecule has 2 aromatic rings. The molecule has 0 radical (unpaired) electrons. The molecule has 0 saturated heterocycles. The van der Waals surface area contributed by atoms with Crippen LogP contribution in [0.15, 0.2) is 46.7 Å². The fourth-order valence-electron chi connectivity index (χ4n) is 1.83. The highest BCUT2D eigenvalue weighted by molar-refractivity contribution is 7.89. The highest BCUT2D eigenvalue weighted by Crippen LogP contribution is 2.22. The van der Waals surface area contributed by atoms with Crippen molar-refractivity contribution in [2.45, 2.75) is 10.9 Å². The second kappa shape index (κ2) is 6.90. The van der Waals surface area contributed by atoms with E-state index in [0.717, 1.165) is 11.3 Å². The lowest BCUT2D eigenvalue weighted by Gasteiger charge is -2.14. The largest absolute Gasteiger partial charge is 0.480 e. The van der Waals surface area contributed by atoms with Crippen molar-refractivity contribution in [1.29, 1.82) is 0 Å². The third-order valence-electron chi connectivity index (χ3n) is 2.99. The molecule has 0 aliphatic rings. The molecule has 1 heterocycles. The Morgan fingerprint density at radius 1 is 1.22 bits per heavy atom. The number of rotatable bonds is 6. The van der Waals surface area contributed by atoms with Crippen molar-refractivity contribution in [2.75, 3.05) is 7.05 Å². The van der Waals surface area contributed by atoms with Crippen molar-refractivity contribution >= 4 is 33.2 Å². The number of carbonyl (C=O) groups is 2. The molecular weight excluding hydrogens is 340 g/mol. The van der Waals surface area contributed by atoms with Crippen molar-refractivity contribution in [3.8, 4) is 0 Å². The van der Waals surface area contributed by atoms with E-state index in [0.29, 0.717) is 5.56 Å². The van der Waals surface area contributed by atoms with Gasteiger partial charge < -0.3 is 10.4 Å². The molecule has 0 bridgehead atoms. The molecule has 1 atom stereocenters. The molecular formula is C14H14N2O5S2. The average molecular weight is 354 g/mol. The van der Waals surface area contributed by atoms with Crippen molar-refractivity contribution in [2.24, 2.45) is 0 Å². The monoisotopic (exact) mass is 354 g/mol. The first-order valence-corrected chi connectivity index (χ1v) is 8.82. The minimum absolute atomic E-state index is 0.150. The zero-order chi connectivity index (χ0) is 17.0. The zero-order valence-electron chi connectivity index (χ0n) is 12.0. The maximum atomic E-state index is 12.3. The Morgan fingerprint density at radius 2 is 1.87 bits per heavy atom. The maximum absolute atomic E-state index is 12.3. The number of amides is 1. The molecule has 122 valence electrons.